The lowest BCUT2D eigenvalue weighted by Gasteiger charge is -2.17. The van der Waals surface area contributed by atoms with Gasteiger partial charge in [0.05, 0.1) is 12.6 Å². The van der Waals surface area contributed by atoms with Gasteiger partial charge in [-0.1, -0.05) is 6.92 Å². The van der Waals surface area contributed by atoms with Crippen LogP contribution in [-0.2, 0) is 10.0 Å². The number of aromatic carboxylic acids is 1. The molecule has 0 aromatic carbocycles. The molecule has 0 spiro atoms. The molecule has 9 nitrogen and oxygen atoms in total. The first-order valence-electron chi connectivity index (χ1n) is 6.27. The lowest BCUT2D eigenvalue weighted by Crippen LogP contribution is -2.33. The summed E-state index contributed by atoms with van der Waals surface area (Å²) >= 11 is 0. The van der Waals surface area contributed by atoms with Gasteiger partial charge in [0.15, 0.2) is 11.4 Å². The fourth-order valence-corrected chi connectivity index (χ4v) is 2.66. The third-order valence-electron chi connectivity index (χ3n) is 2.76. The molecule has 0 aliphatic heterocycles. The summed E-state index contributed by atoms with van der Waals surface area (Å²) in [6.07, 6.45) is 2.66. The molecular formula is C11H18N4O5S. The molecule has 3 N–H and O–H groups in total. The van der Waals surface area contributed by atoms with Gasteiger partial charge in [-0.3, -0.25) is 4.79 Å². The third kappa shape index (κ3) is 4.83. The maximum atomic E-state index is 11.8. The van der Waals surface area contributed by atoms with Crippen molar-refractivity contribution in [3.05, 3.63) is 17.7 Å². The second-order valence-corrected chi connectivity index (χ2v) is 6.28. The number of carboxylic acids is 1. The highest BCUT2D eigenvalue weighted by atomic mass is 32.2. The maximum Gasteiger partial charge on any atom is 0.354 e. The van der Waals surface area contributed by atoms with Gasteiger partial charge in [0.25, 0.3) is 5.91 Å². The number of aromatic nitrogens is 2. The Balaban J connectivity index is 2.48. The van der Waals surface area contributed by atoms with Crippen molar-refractivity contribution < 1.29 is 23.1 Å². The summed E-state index contributed by atoms with van der Waals surface area (Å²) in [5, 5.41) is 11.3. The van der Waals surface area contributed by atoms with Gasteiger partial charge in [-0.15, -0.1) is 0 Å². The summed E-state index contributed by atoms with van der Waals surface area (Å²) in [5.74, 6) is -1.89. The van der Waals surface area contributed by atoms with E-state index in [-0.39, 0.29) is 24.5 Å². The highest BCUT2D eigenvalue weighted by molar-refractivity contribution is 7.88. The number of imidazole rings is 1. The lowest BCUT2D eigenvalue weighted by atomic mass is 10.3. The van der Waals surface area contributed by atoms with Crippen LogP contribution in [-0.4, -0.2) is 65.6 Å². The summed E-state index contributed by atoms with van der Waals surface area (Å²) in [5.41, 5.74) is -0.475. The molecule has 0 saturated carbocycles. The monoisotopic (exact) mass is 318 g/mol. The van der Waals surface area contributed by atoms with Crippen LogP contribution >= 0.6 is 0 Å². The van der Waals surface area contributed by atoms with Gasteiger partial charge in [-0.25, -0.2) is 22.5 Å². The van der Waals surface area contributed by atoms with E-state index in [1.165, 1.54) is 4.31 Å². The van der Waals surface area contributed by atoms with Crippen LogP contribution < -0.4 is 5.32 Å². The molecule has 1 rings (SSSR count). The number of carboxylic acid groups (broad SMARTS) is 1. The van der Waals surface area contributed by atoms with E-state index in [1.54, 1.807) is 6.92 Å². The third-order valence-corrected chi connectivity index (χ3v) is 4.14. The number of hydrogen-bond donors (Lipinski definition) is 3. The maximum absolute atomic E-state index is 11.8. The van der Waals surface area contributed by atoms with E-state index in [2.05, 4.69) is 15.3 Å². The van der Waals surface area contributed by atoms with E-state index >= 15 is 0 Å². The number of carbonyl (C=O) groups excluding carboxylic acids is 1. The Morgan fingerprint density at radius 3 is 2.67 bits per heavy atom. The van der Waals surface area contributed by atoms with Crippen LogP contribution in [0.2, 0.25) is 0 Å². The molecule has 21 heavy (non-hydrogen) atoms. The van der Waals surface area contributed by atoms with Crippen molar-refractivity contribution in [3.8, 4) is 0 Å². The Kier molecular flexibility index (Phi) is 5.85. The summed E-state index contributed by atoms with van der Waals surface area (Å²) < 4.78 is 24.0. The Hall–Kier alpha value is -1.94. The minimum absolute atomic E-state index is 0.196. The molecular weight excluding hydrogens is 300 g/mol. The topological polar surface area (TPSA) is 132 Å². The Morgan fingerprint density at radius 1 is 1.48 bits per heavy atom. The van der Waals surface area contributed by atoms with Crippen molar-refractivity contribution in [2.45, 2.75) is 13.3 Å². The number of hydrogen-bond acceptors (Lipinski definition) is 5. The van der Waals surface area contributed by atoms with Crippen molar-refractivity contribution in [3.63, 3.8) is 0 Å². The quantitative estimate of drug-likeness (QED) is 0.554. The average Bonchev–Trinajstić information content (AvgIpc) is 2.86. The van der Waals surface area contributed by atoms with E-state index < -0.39 is 21.9 Å². The number of amides is 1. The molecule has 0 unspecified atom stereocenters. The van der Waals surface area contributed by atoms with Crippen LogP contribution in [0.4, 0.5) is 0 Å². The number of nitrogens with one attached hydrogen (secondary N) is 2. The van der Waals surface area contributed by atoms with Gasteiger partial charge >= 0.3 is 5.97 Å². The highest BCUT2D eigenvalue weighted by Gasteiger charge is 2.19. The van der Waals surface area contributed by atoms with Gasteiger partial charge in [0, 0.05) is 19.6 Å². The first-order chi connectivity index (χ1) is 9.77. The fraction of sp³-hybridized carbons (Fsp3) is 0.545. The zero-order chi connectivity index (χ0) is 16.0. The Labute approximate surface area is 122 Å². The standard InChI is InChI=1S/C11H18N4O5S/c1-3-15(21(2,19)20)6-4-5-12-10(16)8-9(11(17)18)14-7-13-8/h7H,3-6H2,1-2H3,(H,12,16)(H,13,14)(H,17,18). The van der Waals surface area contributed by atoms with Crippen LogP contribution in [0.15, 0.2) is 6.33 Å². The molecule has 10 heteroatoms. The van der Waals surface area contributed by atoms with Crippen molar-refractivity contribution in [1.82, 2.24) is 19.6 Å². The van der Waals surface area contributed by atoms with Crippen molar-refractivity contribution in [1.29, 1.82) is 0 Å². The van der Waals surface area contributed by atoms with Crippen molar-refractivity contribution in [2.24, 2.45) is 0 Å². The molecule has 0 fully saturated rings. The molecule has 1 aromatic rings. The SMILES string of the molecule is CCN(CCCNC(=O)c1nc[nH]c1C(=O)O)S(C)(=O)=O. The Morgan fingerprint density at radius 2 is 2.14 bits per heavy atom. The highest BCUT2D eigenvalue weighted by Crippen LogP contribution is 2.03. The van der Waals surface area contributed by atoms with Crippen LogP contribution in [0.1, 0.15) is 34.3 Å². The second kappa shape index (κ2) is 7.18. The van der Waals surface area contributed by atoms with Crippen LogP contribution in [0.5, 0.6) is 0 Å². The number of H-pyrrole nitrogens is 1. The van der Waals surface area contributed by atoms with E-state index in [1.807, 2.05) is 0 Å². The molecule has 0 aliphatic rings. The smallest absolute Gasteiger partial charge is 0.354 e. The first-order valence-corrected chi connectivity index (χ1v) is 8.12. The van der Waals surface area contributed by atoms with Crippen molar-refractivity contribution >= 4 is 21.9 Å². The number of nitrogens with zero attached hydrogens (tertiary/aromatic N) is 2. The molecule has 1 aromatic heterocycles. The van der Waals surface area contributed by atoms with Crippen LogP contribution in [0.3, 0.4) is 0 Å². The second-order valence-electron chi connectivity index (χ2n) is 4.30. The van der Waals surface area contributed by atoms with E-state index in [0.717, 1.165) is 12.6 Å². The van der Waals surface area contributed by atoms with E-state index in [0.29, 0.717) is 13.0 Å². The summed E-state index contributed by atoms with van der Waals surface area (Å²) in [7, 11) is -3.25. The minimum Gasteiger partial charge on any atom is -0.477 e. The van der Waals surface area contributed by atoms with Crippen LogP contribution in [0.25, 0.3) is 0 Å². The van der Waals surface area contributed by atoms with Gasteiger partial charge in [0.2, 0.25) is 10.0 Å². The summed E-state index contributed by atoms with van der Waals surface area (Å²) in [6, 6.07) is 0. The lowest BCUT2D eigenvalue weighted by molar-refractivity contribution is 0.0685. The first kappa shape index (κ1) is 17.1. The van der Waals surface area contributed by atoms with Gasteiger partial charge in [0.1, 0.15) is 0 Å². The number of carbonyl (C=O) groups is 2. The number of sulfonamides is 1. The molecule has 0 aliphatic carbocycles. The van der Waals surface area contributed by atoms with Crippen molar-refractivity contribution in [2.75, 3.05) is 25.9 Å². The van der Waals surface area contributed by atoms with Crippen LogP contribution in [0, 0.1) is 0 Å². The zero-order valence-corrected chi connectivity index (χ0v) is 12.6. The average molecular weight is 318 g/mol. The molecule has 0 atom stereocenters. The van der Waals surface area contributed by atoms with Gasteiger partial charge in [-0.2, -0.15) is 0 Å². The summed E-state index contributed by atoms with van der Waals surface area (Å²) in [4.78, 5) is 28.6. The fourth-order valence-electron chi connectivity index (χ4n) is 1.73. The number of rotatable bonds is 8. The molecule has 118 valence electrons. The Bertz CT molecular complexity index is 610. The molecule has 1 amide bonds. The predicted octanol–water partition coefficient (Wildman–Crippen LogP) is -0.491. The van der Waals surface area contributed by atoms with Gasteiger partial charge < -0.3 is 15.4 Å². The molecule has 0 saturated heterocycles. The van der Waals surface area contributed by atoms with E-state index in [4.69, 9.17) is 5.11 Å². The predicted molar refractivity (Wildman–Crippen MR) is 74.6 cm³/mol. The molecule has 0 radical (unpaired) electrons. The molecule has 1 heterocycles. The normalized spacial score (nSPS) is 11.6. The van der Waals surface area contributed by atoms with E-state index in [9.17, 15) is 18.0 Å². The number of aromatic amines is 1. The van der Waals surface area contributed by atoms with Gasteiger partial charge in [-0.05, 0) is 6.42 Å². The zero-order valence-electron chi connectivity index (χ0n) is 11.8. The largest absolute Gasteiger partial charge is 0.477 e. The summed E-state index contributed by atoms with van der Waals surface area (Å²) in [6.45, 7) is 2.58. The molecule has 0 bridgehead atoms. The minimum atomic E-state index is -3.25.